The van der Waals surface area contributed by atoms with Crippen LogP contribution in [0.5, 0.6) is 0 Å². The average Bonchev–Trinajstić information content (AvgIpc) is 2.62. The fourth-order valence-corrected chi connectivity index (χ4v) is 1.51. The molecule has 0 aliphatic carbocycles. The number of ether oxygens (including phenoxy) is 1. The monoisotopic (exact) mass is 206 g/mol. The van der Waals surface area contributed by atoms with Crippen molar-refractivity contribution < 1.29 is 4.74 Å². The van der Waals surface area contributed by atoms with Crippen LogP contribution in [0.15, 0.2) is 18.2 Å². The van der Waals surface area contributed by atoms with Crippen molar-refractivity contribution in [1.29, 1.82) is 0 Å². The maximum absolute atomic E-state index is 5.71. The number of aromatic nitrogens is 3. The molecule has 2 aromatic rings. The highest BCUT2D eigenvalue weighted by Gasteiger charge is 2.03. The lowest BCUT2D eigenvalue weighted by Crippen LogP contribution is -2.03. The standard InChI is InChI=1S/C10H14N4O/c1-15-6-2-5-14-10-7-8(11)3-4-9(10)12-13-14/h3-4,7H,2,5-6,11H2,1H3. The minimum atomic E-state index is 0.726. The summed E-state index contributed by atoms with van der Waals surface area (Å²) in [5.74, 6) is 0. The molecule has 1 aromatic heterocycles. The van der Waals surface area contributed by atoms with E-state index < -0.39 is 0 Å². The number of nitrogen functional groups attached to an aromatic ring is 1. The zero-order valence-electron chi connectivity index (χ0n) is 8.68. The van der Waals surface area contributed by atoms with Crippen molar-refractivity contribution in [3.8, 4) is 0 Å². The van der Waals surface area contributed by atoms with Gasteiger partial charge in [0.25, 0.3) is 0 Å². The van der Waals surface area contributed by atoms with E-state index >= 15 is 0 Å². The van der Waals surface area contributed by atoms with Crippen molar-refractivity contribution in [1.82, 2.24) is 15.0 Å². The Bertz CT molecular complexity index is 452. The Balaban J connectivity index is 2.23. The number of fused-ring (bicyclic) bond motifs is 1. The van der Waals surface area contributed by atoms with E-state index in [4.69, 9.17) is 10.5 Å². The van der Waals surface area contributed by atoms with Crippen LogP contribution in [0.1, 0.15) is 6.42 Å². The van der Waals surface area contributed by atoms with E-state index in [1.54, 1.807) is 7.11 Å². The lowest BCUT2D eigenvalue weighted by molar-refractivity contribution is 0.189. The van der Waals surface area contributed by atoms with Crippen LogP contribution in [0.4, 0.5) is 5.69 Å². The number of hydrogen-bond acceptors (Lipinski definition) is 4. The first-order chi connectivity index (χ1) is 7.31. The summed E-state index contributed by atoms with van der Waals surface area (Å²) in [4.78, 5) is 0. The van der Waals surface area contributed by atoms with Crippen LogP contribution >= 0.6 is 0 Å². The SMILES string of the molecule is COCCCn1nnc2ccc(N)cc21. The van der Waals surface area contributed by atoms with E-state index in [1.807, 2.05) is 22.9 Å². The van der Waals surface area contributed by atoms with E-state index in [0.717, 1.165) is 36.3 Å². The second-order valence-electron chi connectivity index (χ2n) is 3.41. The lowest BCUT2D eigenvalue weighted by Gasteiger charge is -2.01. The van der Waals surface area contributed by atoms with Crippen molar-refractivity contribution in [2.45, 2.75) is 13.0 Å². The van der Waals surface area contributed by atoms with Crippen LogP contribution in [0.25, 0.3) is 11.0 Å². The molecule has 1 aromatic carbocycles. The van der Waals surface area contributed by atoms with Gasteiger partial charge in [-0.05, 0) is 24.6 Å². The summed E-state index contributed by atoms with van der Waals surface area (Å²) >= 11 is 0. The van der Waals surface area contributed by atoms with Crippen molar-refractivity contribution in [2.24, 2.45) is 0 Å². The van der Waals surface area contributed by atoms with Gasteiger partial charge in [-0.1, -0.05) is 5.21 Å². The van der Waals surface area contributed by atoms with Crippen LogP contribution in [0.3, 0.4) is 0 Å². The predicted octanol–water partition coefficient (Wildman–Crippen LogP) is 1.05. The van der Waals surface area contributed by atoms with Crippen LogP contribution in [0, 0.1) is 0 Å². The smallest absolute Gasteiger partial charge is 0.113 e. The average molecular weight is 206 g/mol. The normalized spacial score (nSPS) is 11.0. The third-order valence-electron chi connectivity index (χ3n) is 2.26. The van der Waals surface area contributed by atoms with E-state index in [1.165, 1.54) is 0 Å². The first-order valence-electron chi connectivity index (χ1n) is 4.89. The van der Waals surface area contributed by atoms with Crippen LogP contribution in [-0.2, 0) is 11.3 Å². The highest BCUT2D eigenvalue weighted by molar-refractivity contribution is 5.77. The van der Waals surface area contributed by atoms with Crippen molar-refractivity contribution in [2.75, 3.05) is 19.5 Å². The fraction of sp³-hybridized carbons (Fsp3) is 0.400. The van der Waals surface area contributed by atoms with Crippen LogP contribution in [-0.4, -0.2) is 28.7 Å². The first kappa shape index (κ1) is 9.92. The van der Waals surface area contributed by atoms with Gasteiger partial charge in [0.15, 0.2) is 0 Å². The number of benzene rings is 1. The molecular weight excluding hydrogens is 192 g/mol. The molecule has 0 radical (unpaired) electrons. The molecule has 0 fully saturated rings. The molecule has 5 heteroatoms. The third kappa shape index (κ3) is 2.07. The first-order valence-corrected chi connectivity index (χ1v) is 4.89. The Morgan fingerprint density at radius 2 is 2.33 bits per heavy atom. The molecule has 0 atom stereocenters. The Morgan fingerprint density at radius 3 is 3.13 bits per heavy atom. The highest BCUT2D eigenvalue weighted by atomic mass is 16.5. The van der Waals surface area contributed by atoms with E-state index in [-0.39, 0.29) is 0 Å². The molecule has 0 saturated carbocycles. The van der Waals surface area contributed by atoms with E-state index in [2.05, 4.69) is 10.3 Å². The summed E-state index contributed by atoms with van der Waals surface area (Å²) in [6.07, 6.45) is 0.920. The van der Waals surface area contributed by atoms with Gasteiger partial charge in [0, 0.05) is 25.9 Å². The number of anilines is 1. The molecule has 0 unspecified atom stereocenters. The summed E-state index contributed by atoms with van der Waals surface area (Å²) in [7, 11) is 1.69. The third-order valence-corrected chi connectivity index (χ3v) is 2.26. The molecule has 0 aliphatic heterocycles. The Morgan fingerprint density at radius 1 is 1.47 bits per heavy atom. The number of hydrogen-bond donors (Lipinski definition) is 1. The quantitative estimate of drug-likeness (QED) is 0.599. The van der Waals surface area contributed by atoms with E-state index in [9.17, 15) is 0 Å². The van der Waals surface area contributed by atoms with Gasteiger partial charge >= 0.3 is 0 Å². The van der Waals surface area contributed by atoms with Crippen molar-refractivity contribution >= 4 is 16.7 Å². The maximum atomic E-state index is 5.71. The second-order valence-corrected chi connectivity index (χ2v) is 3.41. The largest absolute Gasteiger partial charge is 0.399 e. The van der Waals surface area contributed by atoms with Crippen molar-refractivity contribution in [3.63, 3.8) is 0 Å². The van der Waals surface area contributed by atoms with Gasteiger partial charge in [-0.15, -0.1) is 5.10 Å². The molecule has 0 bridgehead atoms. The van der Waals surface area contributed by atoms with E-state index in [0.29, 0.717) is 0 Å². The number of rotatable bonds is 4. The summed E-state index contributed by atoms with van der Waals surface area (Å²) in [5, 5.41) is 8.12. The van der Waals surface area contributed by atoms with Crippen LogP contribution < -0.4 is 5.73 Å². The van der Waals surface area contributed by atoms with Crippen LogP contribution in [0.2, 0.25) is 0 Å². The van der Waals surface area contributed by atoms with Gasteiger partial charge in [-0.3, -0.25) is 0 Å². The molecule has 5 nitrogen and oxygen atoms in total. The number of aryl methyl sites for hydroxylation is 1. The summed E-state index contributed by atoms with van der Waals surface area (Å²) < 4.78 is 6.84. The molecule has 0 amide bonds. The maximum Gasteiger partial charge on any atom is 0.113 e. The van der Waals surface area contributed by atoms with Gasteiger partial charge in [0.05, 0.1) is 5.52 Å². The zero-order chi connectivity index (χ0) is 10.7. The predicted molar refractivity (Wildman–Crippen MR) is 58.4 cm³/mol. The Hall–Kier alpha value is -1.62. The molecule has 0 aliphatic rings. The Kier molecular flexibility index (Phi) is 2.82. The number of nitrogens with zero attached hydrogens (tertiary/aromatic N) is 3. The second kappa shape index (κ2) is 4.27. The molecule has 80 valence electrons. The fourth-order valence-electron chi connectivity index (χ4n) is 1.51. The molecule has 0 spiro atoms. The van der Waals surface area contributed by atoms with Gasteiger partial charge in [0.1, 0.15) is 5.52 Å². The minimum absolute atomic E-state index is 0.726. The van der Waals surface area contributed by atoms with Gasteiger partial charge in [-0.2, -0.15) is 0 Å². The molecular formula is C10H14N4O. The summed E-state index contributed by atoms with van der Waals surface area (Å²) in [5.41, 5.74) is 8.30. The Labute approximate surface area is 87.8 Å². The van der Waals surface area contributed by atoms with Gasteiger partial charge in [-0.25, -0.2) is 4.68 Å². The topological polar surface area (TPSA) is 66.0 Å². The van der Waals surface area contributed by atoms with Crippen molar-refractivity contribution in [3.05, 3.63) is 18.2 Å². The summed E-state index contributed by atoms with van der Waals surface area (Å²) in [6, 6.07) is 5.60. The number of methoxy groups -OCH3 is 1. The van der Waals surface area contributed by atoms with Gasteiger partial charge < -0.3 is 10.5 Å². The molecule has 2 rings (SSSR count). The highest BCUT2D eigenvalue weighted by Crippen LogP contribution is 2.14. The minimum Gasteiger partial charge on any atom is -0.399 e. The molecule has 1 heterocycles. The molecule has 0 saturated heterocycles. The molecule has 2 N–H and O–H groups in total. The summed E-state index contributed by atoms with van der Waals surface area (Å²) in [6.45, 7) is 1.53. The lowest BCUT2D eigenvalue weighted by atomic mass is 10.3. The zero-order valence-corrected chi connectivity index (χ0v) is 8.68. The van der Waals surface area contributed by atoms with Gasteiger partial charge in [0.2, 0.25) is 0 Å². The number of nitrogens with two attached hydrogens (primary N) is 1. The molecule has 15 heavy (non-hydrogen) atoms.